The van der Waals surface area contributed by atoms with Crippen molar-refractivity contribution in [3.8, 4) is 5.75 Å². The molecule has 0 radical (unpaired) electrons. The first-order chi connectivity index (χ1) is 8.43. The van der Waals surface area contributed by atoms with Crippen LogP contribution in [0.5, 0.6) is 5.75 Å². The molecule has 0 saturated carbocycles. The second-order valence-electron chi connectivity index (χ2n) is 4.31. The minimum atomic E-state index is -1.14. The molecule has 0 bridgehead atoms. The van der Waals surface area contributed by atoms with Crippen LogP contribution in [0, 0.1) is 6.92 Å². The van der Waals surface area contributed by atoms with Gasteiger partial charge in [0, 0.05) is 25.0 Å². The average molecular weight is 246 g/mol. The highest BCUT2D eigenvalue weighted by molar-refractivity contribution is 6.00. The number of aromatic carboxylic acids is 1. The van der Waals surface area contributed by atoms with E-state index in [0.717, 1.165) is 5.69 Å². The van der Waals surface area contributed by atoms with Gasteiger partial charge in [0.05, 0.1) is 11.2 Å². The third kappa shape index (κ3) is 1.73. The highest BCUT2D eigenvalue weighted by atomic mass is 16.4. The van der Waals surface area contributed by atoms with E-state index in [-0.39, 0.29) is 17.0 Å². The van der Waals surface area contributed by atoms with E-state index >= 15 is 0 Å². The molecule has 1 aromatic carbocycles. The lowest BCUT2D eigenvalue weighted by Crippen LogP contribution is -2.11. The Labute approximate surface area is 104 Å². The predicted octanol–water partition coefficient (Wildman–Crippen LogP) is 2.01. The molecule has 0 fully saturated rings. The van der Waals surface area contributed by atoms with E-state index < -0.39 is 5.97 Å². The number of aromatic hydroxyl groups is 1. The van der Waals surface area contributed by atoms with Crippen LogP contribution in [0.3, 0.4) is 0 Å². The number of pyridine rings is 1. The van der Waals surface area contributed by atoms with Gasteiger partial charge < -0.3 is 15.1 Å². The summed E-state index contributed by atoms with van der Waals surface area (Å²) in [6, 6.07) is 5.36. The van der Waals surface area contributed by atoms with Gasteiger partial charge >= 0.3 is 5.97 Å². The smallest absolute Gasteiger partial charge is 0.354 e. The van der Waals surface area contributed by atoms with E-state index in [1.54, 1.807) is 19.1 Å². The summed E-state index contributed by atoms with van der Waals surface area (Å²) in [5.41, 5.74) is 1.42. The van der Waals surface area contributed by atoms with Crippen LogP contribution >= 0.6 is 0 Å². The van der Waals surface area contributed by atoms with Gasteiger partial charge in [0.2, 0.25) is 0 Å². The minimum absolute atomic E-state index is 0.0268. The highest BCUT2D eigenvalue weighted by Crippen LogP contribution is 2.33. The molecule has 2 rings (SSSR count). The van der Waals surface area contributed by atoms with Crippen molar-refractivity contribution in [1.29, 1.82) is 0 Å². The highest BCUT2D eigenvalue weighted by Gasteiger charge is 2.18. The molecule has 0 saturated heterocycles. The second kappa shape index (κ2) is 4.18. The summed E-state index contributed by atoms with van der Waals surface area (Å²) < 4.78 is 0. The van der Waals surface area contributed by atoms with Gasteiger partial charge in [-0.1, -0.05) is 6.07 Å². The molecule has 0 spiro atoms. The van der Waals surface area contributed by atoms with Gasteiger partial charge in [-0.15, -0.1) is 0 Å². The van der Waals surface area contributed by atoms with Gasteiger partial charge in [-0.3, -0.25) is 0 Å². The molecule has 1 heterocycles. The zero-order valence-corrected chi connectivity index (χ0v) is 10.4. The van der Waals surface area contributed by atoms with Gasteiger partial charge in [0.1, 0.15) is 5.75 Å². The molecular formula is C13H14N2O3. The summed E-state index contributed by atoms with van der Waals surface area (Å²) in [6.07, 6.45) is 0. The number of anilines is 1. The first-order valence-electron chi connectivity index (χ1n) is 5.46. The van der Waals surface area contributed by atoms with Crippen molar-refractivity contribution in [2.75, 3.05) is 19.0 Å². The van der Waals surface area contributed by atoms with E-state index in [4.69, 9.17) is 5.11 Å². The standard InChI is InChI=1S/C13H14N2O3/c1-7-10(13(17)18)14-11-8(12(7)16)5-4-6-9(11)15(2)3/h4-6H,1-3H3,(H,14,16)(H,17,18). The van der Waals surface area contributed by atoms with Crippen molar-refractivity contribution >= 4 is 22.6 Å². The molecule has 5 heteroatoms. The third-order valence-corrected chi connectivity index (χ3v) is 2.89. The molecule has 0 aliphatic rings. The molecule has 2 N–H and O–H groups in total. The summed E-state index contributed by atoms with van der Waals surface area (Å²) in [5.74, 6) is -1.17. The summed E-state index contributed by atoms with van der Waals surface area (Å²) in [4.78, 5) is 17.1. The number of carboxylic acids is 1. The summed E-state index contributed by atoms with van der Waals surface area (Å²) in [5, 5.41) is 19.7. The van der Waals surface area contributed by atoms with Crippen LogP contribution in [-0.2, 0) is 0 Å². The number of hydrogen-bond acceptors (Lipinski definition) is 4. The zero-order chi connectivity index (χ0) is 13.4. The molecule has 2 aromatic rings. The van der Waals surface area contributed by atoms with Crippen molar-refractivity contribution in [3.05, 3.63) is 29.5 Å². The quantitative estimate of drug-likeness (QED) is 0.848. The van der Waals surface area contributed by atoms with Crippen LogP contribution in [0.4, 0.5) is 5.69 Å². The fourth-order valence-electron chi connectivity index (χ4n) is 1.92. The lowest BCUT2D eigenvalue weighted by atomic mass is 10.1. The van der Waals surface area contributed by atoms with Crippen LogP contribution in [0.15, 0.2) is 18.2 Å². The van der Waals surface area contributed by atoms with Gasteiger partial charge in [0.15, 0.2) is 5.69 Å². The van der Waals surface area contributed by atoms with Crippen molar-refractivity contribution < 1.29 is 15.0 Å². The van der Waals surface area contributed by atoms with Crippen molar-refractivity contribution in [2.24, 2.45) is 0 Å². The first kappa shape index (κ1) is 12.2. The van der Waals surface area contributed by atoms with E-state index in [9.17, 15) is 9.90 Å². The Morgan fingerprint density at radius 1 is 1.33 bits per heavy atom. The number of carbonyl (C=O) groups is 1. The van der Waals surface area contributed by atoms with Crippen molar-refractivity contribution in [2.45, 2.75) is 6.92 Å². The molecule has 0 aliphatic heterocycles. The fourth-order valence-corrected chi connectivity index (χ4v) is 1.92. The number of benzene rings is 1. The Hall–Kier alpha value is -2.30. The summed E-state index contributed by atoms with van der Waals surface area (Å²) in [7, 11) is 3.68. The first-order valence-corrected chi connectivity index (χ1v) is 5.46. The van der Waals surface area contributed by atoms with Crippen LogP contribution in [0.2, 0.25) is 0 Å². The maximum atomic E-state index is 11.1. The van der Waals surface area contributed by atoms with Crippen LogP contribution in [-0.4, -0.2) is 35.3 Å². The second-order valence-corrected chi connectivity index (χ2v) is 4.31. The Morgan fingerprint density at radius 3 is 2.56 bits per heavy atom. The van der Waals surface area contributed by atoms with Gasteiger partial charge in [0.25, 0.3) is 0 Å². The number of para-hydroxylation sites is 1. The lowest BCUT2D eigenvalue weighted by Gasteiger charge is -2.16. The van der Waals surface area contributed by atoms with E-state index in [0.29, 0.717) is 10.9 Å². The van der Waals surface area contributed by atoms with Gasteiger partial charge in [-0.2, -0.15) is 0 Å². The maximum Gasteiger partial charge on any atom is 0.354 e. The Balaban J connectivity index is 2.91. The molecule has 0 aliphatic carbocycles. The van der Waals surface area contributed by atoms with Crippen LogP contribution < -0.4 is 4.90 Å². The molecule has 1 aromatic heterocycles. The monoisotopic (exact) mass is 246 g/mol. The van der Waals surface area contributed by atoms with Crippen LogP contribution in [0.25, 0.3) is 10.9 Å². The van der Waals surface area contributed by atoms with E-state index in [1.807, 2.05) is 25.1 Å². The fraction of sp³-hybridized carbons (Fsp3) is 0.231. The number of aromatic nitrogens is 1. The number of carboxylic acid groups (broad SMARTS) is 1. The van der Waals surface area contributed by atoms with Gasteiger partial charge in [-0.05, 0) is 19.1 Å². The molecule has 0 unspecified atom stereocenters. The van der Waals surface area contributed by atoms with E-state index in [2.05, 4.69) is 4.98 Å². The predicted molar refractivity (Wildman–Crippen MR) is 69.4 cm³/mol. The Kier molecular flexibility index (Phi) is 2.82. The number of fused-ring (bicyclic) bond motifs is 1. The Morgan fingerprint density at radius 2 is 2.00 bits per heavy atom. The van der Waals surface area contributed by atoms with Crippen molar-refractivity contribution in [1.82, 2.24) is 4.98 Å². The molecule has 5 nitrogen and oxygen atoms in total. The SMILES string of the molecule is Cc1c(C(=O)O)nc2c(N(C)C)cccc2c1O. The minimum Gasteiger partial charge on any atom is -0.507 e. The molecule has 94 valence electrons. The molecular weight excluding hydrogens is 232 g/mol. The summed E-state index contributed by atoms with van der Waals surface area (Å²) >= 11 is 0. The normalized spacial score (nSPS) is 10.6. The third-order valence-electron chi connectivity index (χ3n) is 2.89. The Bertz CT molecular complexity index is 636. The molecule has 18 heavy (non-hydrogen) atoms. The number of nitrogens with zero attached hydrogens (tertiary/aromatic N) is 2. The molecule has 0 amide bonds. The van der Waals surface area contributed by atoms with Gasteiger partial charge in [-0.25, -0.2) is 9.78 Å². The van der Waals surface area contributed by atoms with Crippen molar-refractivity contribution in [3.63, 3.8) is 0 Å². The van der Waals surface area contributed by atoms with Crippen LogP contribution in [0.1, 0.15) is 16.1 Å². The number of hydrogen-bond donors (Lipinski definition) is 2. The average Bonchev–Trinajstić information content (AvgIpc) is 2.32. The maximum absolute atomic E-state index is 11.1. The number of rotatable bonds is 2. The topological polar surface area (TPSA) is 73.7 Å². The zero-order valence-electron chi connectivity index (χ0n) is 10.4. The largest absolute Gasteiger partial charge is 0.507 e. The lowest BCUT2D eigenvalue weighted by molar-refractivity contribution is 0.0689. The molecule has 0 atom stereocenters. The summed E-state index contributed by atoms with van der Waals surface area (Å²) in [6.45, 7) is 1.55. The van der Waals surface area contributed by atoms with E-state index in [1.165, 1.54) is 0 Å².